The molecule has 0 rings (SSSR count). The van der Waals surface area contributed by atoms with Gasteiger partial charge in [-0.2, -0.15) is 0 Å². The third-order valence-corrected chi connectivity index (χ3v) is 18.4. The molecule has 0 radical (unpaired) electrons. The molecule has 0 aromatic heterocycles. The van der Waals surface area contributed by atoms with Crippen LogP contribution in [0.5, 0.6) is 0 Å². The molecule has 0 heterocycles. The molecule has 0 aliphatic carbocycles. The smallest absolute Gasteiger partial charge is 0.462 e. The predicted octanol–water partition coefficient (Wildman–Crippen LogP) is 22.8. The van der Waals surface area contributed by atoms with E-state index in [1.807, 2.05) is 0 Å². The van der Waals surface area contributed by atoms with E-state index in [1.165, 1.54) is 89.9 Å². The number of hydrogen-bond acceptors (Lipinski definition) is 15. The van der Waals surface area contributed by atoms with Crippen LogP contribution in [0.15, 0.2) is 97.2 Å². The number of phosphoric ester groups is 2. The summed E-state index contributed by atoms with van der Waals surface area (Å²) in [6.45, 7) is 4.66. The summed E-state index contributed by atoms with van der Waals surface area (Å²) in [6.07, 6.45) is 76.7. The molecule has 100 heavy (non-hydrogen) atoms. The maximum Gasteiger partial charge on any atom is 0.472 e. The minimum absolute atomic E-state index is 0.0707. The van der Waals surface area contributed by atoms with Gasteiger partial charge < -0.3 is 33.8 Å². The number of carbonyl (C=O) groups is 4. The molecule has 0 bridgehead atoms. The molecule has 17 nitrogen and oxygen atoms in total. The van der Waals surface area contributed by atoms with E-state index in [0.29, 0.717) is 25.7 Å². The van der Waals surface area contributed by atoms with E-state index in [-0.39, 0.29) is 25.7 Å². The molecule has 0 aromatic rings. The van der Waals surface area contributed by atoms with E-state index in [4.69, 9.17) is 37.0 Å². The zero-order valence-electron chi connectivity index (χ0n) is 63.1. The van der Waals surface area contributed by atoms with Crippen LogP contribution in [0.25, 0.3) is 0 Å². The fraction of sp³-hybridized carbons (Fsp3) is 0.753. The Morgan fingerprint density at radius 1 is 0.290 bits per heavy atom. The average Bonchev–Trinajstić information content (AvgIpc) is 0.935. The third-order valence-electron chi connectivity index (χ3n) is 16.5. The summed E-state index contributed by atoms with van der Waals surface area (Å²) in [5.41, 5.74) is 0. The number of ether oxygens (including phenoxy) is 4. The van der Waals surface area contributed by atoms with Crippen LogP contribution in [0.4, 0.5) is 0 Å². The van der Waals surface area contributed by atoms with Crippen LogP contribution in [-0.4, -0.2) is 96.7 Å². The lowest BCUT2D eigenvalue weighted by atomic mass is 10.0. The Bertz CT molecular complexity index is 2270. The van der Waals surface area contributed by atoms with E-state index in [2.05, 4.69) is 125 Å². The quantitative estimate of drug-likeness (QED) is 0.0169. The number of allylic oxidation sites excluding steroid dienone is 16. The van der Waals surface area contributed by atoms with Gasteiger partial charge >= 0.3 is 39.5 Å². The van der Waals surface area contributed by atoms with Crippen molar-refractivity contribution in [2.75, 3.05) is 39.6 Å². The zero-order chi connectivity index (χ0) is 73.2. The zero-order valence-corrected chi connectivity index (χ0v) is 64.9. The van der Waals surface area contributed by atoms with E-state index >= 15 is 0 Å². The minimum atomic E-state index is -4.98. The van der Waals surface area contributed by atoms with Gasteiger partial charge in [0.2, 0.25) is 0 Å². The number of esters is 4. The van der Waals surface area contributed by atoms with Gasteiger partial charge in [-0.05, 0) is 122 Å². The molecule has 0 aliphatic heterocycles. The topological polar surface area (TPSA) is 237 Å². The van der Waals surface area contributed by atoms with Gasteiger partial charge in [-0.15, -0.1) is 0 Å². The first-order chi connectivity index (χ1) is 48.7. The van der Waals surface area contributed by atoms with Crippen molar-refractivity contribution in [2.45, 2.75) is 354 Å². The summed E-state index contributed by atoms with van der Waals surface area (Å²) in [5, 5.41) is 10.6. The normalized spacial score (nSPS) is 14.4. The Hall–Kier alpha value is -4.02. The highest BCUT2D eigenvalue weighted by Crippen LogP contribution is 2.45. The molecule has 0 saturated heterocycles. The van der Waals surface area contributed by atoms with Crippen LogP contribution in [0.3, 0.4) is 0 Å². The van der Waals surface area contributed by atoms with Crippen LogP contribution in [-0.2, 0) is 65.4 Å². The van der Waals surface area contributed by atoms with Crippen molar-refractivity contribution in [1.82, 2.24) is 0 Å². The monoisotopic (exact) mass is 1450 g/mol. The summed E-state index contributed by atoms with van der Waals surface area (Å²) in [4.78, 5) is 72.9. The predicted molar refractivity (Wildman–Crippen MR) is 409 cm³/mol. The number of rotatable bonds is 74. The summed E-state index contributed by atoms with van der Waals surface area (Å²) in [7, 11) is -9.96. The van der Waals surface area contributed by atoms with Gasteiger partial charge in [0.25, 0.3) is 0 Å². The first kappa shape index (κ1) is 96.0. The van der Waals surface area contributed by atoms with Crippen LogP contribution >= 0.6 is 15.6 Å². The first-order valence-corrected chi connectivity index (χ1v) is 42.5. The molecule has 578 valence electrons. The molecule has 0 amide bonds. The van der Waals surface area contributed by atoms with Gasteiger partial charge in [-0.3, -0.25) is 37.3 Å². The lowest BCUT2D eigenvalue weighted by Gasteiger charge is -2.21. The number of phosphoric acid groups is 2. The number of carbonyl (C=O) groups excluding carboxylic acids is 4. The molecule has 0 spiro atoms. The number of hydrogen-bond donors (Lipinski definition) is 3. The highest BCUT2D eigenvalue weighted by Gasteiger charge is 2.30. The van der Waals surface area contributed by atoms with Crippen molar-refractivity contribution in [3.05, 3.63) is 97.2 Å². The molecular weight excluding hydrogens is 1310 g/mol. The SMILES string of the molecule is CC/C=C\C/C=C\C/C=C\C/C=C\C/C=C\CCCCCC(=O)OCC(COP(=O)(O)OCC(O)COP(=O)(O)OCC(COC(=O)CCCCCCC/C=C\CCCCCCCC)OC(=O)CCCCCCCCCCCCCCC)OC(=O)CCCCCCC/C=C\C/C=C\CCC. The van der Waals surface area contributed by atoms with Crippen molar-refractivity contribution >= 4 is 39.5 Å². The maximum atomic E-state index is 13.1. The van der Waals surface area contributed by atoms with E-state index in [0.717, 1.165) is 167 Å². The van der Waals surface area contributed by atoms with Gasteiger partial charge in [-0.25, -0.2) is 9.13 Å². The molecular formula is C81H142O17P2. The summed E-state index contributed by atoms with van der Waals surface area (Å²) < 4.78 is 68.5. The summed E-state index contributed by atoms with van der Waals surface area (Å²) in [5.74, 6) is -2.22. The Balaban J connectivity index is 5.36. The fourth-order valence-corrected chi connectivity index (χ4v) is 12.1. The van der Waals surface area contributed by atoms with Crippen molar-refractivity contribution in [3.8, 4) is 0 Å². The van der Waals surface area contributed by atoms with Gasteiger partial charge in [0.1, 0.15) is 19.3 Å². The Morgan fingerprint density at radius 3 is 0.860 bits per heavy atom. The fourth-order valence-electron chi connectivity index (χ4n) is 10.5. The molecule has 5 unspecified atom stereocenters. The van der Waals surface area contributed by atoms with Crippen molar-refractivity contribution in [3.63, 3.8) is 0 Å². The molecule has 0 fully saturated rings. The van der Waals surface area contributed by atoms with Crippen molar-refractivity contribution < 1.29 is 80.2 Å². The van der Waals surface area contributed by atoms with Gasteiger partial charge in [-0.1, -0.05) is 285 Å². The Kier molecular flexibility index (Phi) is 70.4. The number of aliphatic hydroxyl groups excluding tert-OH is 1. The summed E-state index contributed by atoms with van der Waals surface area (Å²) >= 11 is 0. The summed E-state index contributed by atoms with van der Waals surface area (Å²) in [6, 6.07) is 0. The number of aliphatic hydroxyl groups is 1. The molecule has 5 atom stereocenters. The second-order valence-electron chi connectivity index (χ2n) is 26.3. The van der Waals surface area contributed by atoms with Gasteiger partial charge in [0, 0.05) is 25.7 Å². The highest BCUT2D eigenvalue weighted by atomic mass is 31.2. The lowest BCUT2D eigenvalue weighted by molar-refractivity contribution is -0.161. The van der Waals surface area contributed by atoms with Crippen LogP contribution in [0, 0.1) is 0 Å². The van der Waals surface area contributed by atoms with Gasteiger partial charge in [0.05, 0.1) is 26.4 Å². The largest absolute Gasteiger partial charge is 0.472 e. The minimum Gasteiger partial charge on any atom is -0.462 e. The average molecular weight is 1450 g/mol. The second kappa shape index (κ2) is 73.3. The lowest BCUT2D eigenvalue weighted by Crippen LogP contribution is -2.30. The van der Waals surface area contributed by atoms with E-state index in [9.17, 15) is 43.2 Å². The van der Waals surface area contributed by atoms with Crippen LogP contribution in [0.1, 0.15) is 336 Å². The van der Waals surface area contributed by atoms with E-state index < -0.39 is 97.5 Å². The first-order valence-electron chi connectivity index (χ1n) is 39.5. The molecule has 0 saturated carbocycles. The Morgan fingerprint density at radius 2 is 0.540 bits per heavy atom. The van der Waals surface area contributed by atoms with E-state index in [1.54, 1.807) is 0 Å². The molecule has 3 N–H and O–H groups in total. The Labute approximate surface area is 607 Å². The van der Waals surface area contributed by atoms with Crippen LogP contribution in [0.2, 0.25) is 0 Å². The molecule has 0 aliphatic rings. The van der Waals surface area contributed by atoms with Gasteiger partial charge in [0.15, 0.2) is 12.2 Å². The number of unbranched alkanes of at least 4 members (excludes halogenated alkanes) is 32. The second-order valence-corrected chi connectivity index (χ2v) is 29.2. The highest BCUT2D eigenvalue weighted by molar-refractivity contribution is 7.47. The molecule has 0 aromatic carbocycles. The third kappa shape index (κ3) is 72.3. The maximum absolute atomic E-state index is 13.1. The van der Waals surface area contributed by atoms with Crippen molar-refractivity contribution in [2.24, 2.45) is 0 Å². The van der Waals surface area contributed by atoms with Crippen molar-refractivity contribution in [1.29, 1.82) is 0 Å². The molecule has 19 heteroatoms. The van der Waals surface area contributed by atoms with Crippen LogP contribution < -0.4 is 0 Å². The standard InChI is InChI=1S/C81H142O17P2/c1-5-9-13-17-21-25-29-33-35-36-37-38-40-44-46-50-54-58-62-66-79(84)92-72-77(98-81(86)68-64-60-56-52-48-42-32-28-24-20-16-12-8-4)74-96-100(89,90)94-70-75(82)69-93-99(87,88)95-73-76(97-80(85)67-63-59-55-51-47-41-31-27-23-19-15-11-7-3)71-91-78(83)65-61-57-53-49-45-43-39-34-30-26-22-18-14-10-6-2/h9,13,16,20-21,25,28,32-35,37-39,44,46,75-77,82H,5-8,10-12,14-15,17-19,22-24,26-27,29-31,36,40-43,45,47-74H2,1-4H3,(H,87,88)(H,89,90)/b13-9-,20-16-,25-21-,32-28-,35-33-,38-37-,39-34-,46-44-.